The number of hydrogen-bond donors (Lipinski definition) is 0. The molecule has 13 heteroatoms. The van der Waals surface area contributed by atoms with E-state index in [-0.39, 0.29) is 55.6 Å². The maximum atomic E-state index is 12.8. The normalized spacial score (nSPS) is 15.1. The van der Waals surface area contributed by atoms with Crippen LogP contribution in [0, 0.1) is 0 Å². The number of hydrogen-bond acceptors (Lipinski definition) is 12. The van der Waals surface area contributed by atoms with Crippen LogP contribution in [0.2, 0.25) is 0 Å². The third kappa shape index (κ3) is 7.75. The molecule has 194 valence electrons. The van der Waals surface area contributed by atoms with Gasteiger partial charge in [-0.3, -0.25) is 4.79 Å². The summed E-state index contributed by atoms with van der Waals surface area (Å²) in [4.78, 5) is 35.6. The summed E-state index contributed by atoms with van der Waals surface area (Å²) in [6.07, 6.45) is 5.99. The second-order valence-electron chi connectivity index (χ2n) is 7.52. The molecule has 12 nitrogen and oxygen atoms in total. The van der Waals surface area contributed by atoms with Gasteiger partial charge in [0.05, 0.1) is 25.2 Å². The molecule has 0 N–H and O–H groups in total. The van der Waals surface area contributed by atoms with Crippen molar-refractivity contribution in [2.75, 3.05) is 45.3 Å². The van der Waals surface area contributed by atoms with Crippen molar-refractivity contribution < 1.29 is 28.2 Å². The zero-order valence-electron chi connectivity index (χ0n) is 20.0. The Kier molecular flexibility index (Phi) is 9.43. The Morgan fingerprint density at radius 2 is 1.81 bits per heavy atom. The fraction of sp³-hybridized carbons (Fsp3) is 0.333. The van der Waals surface area contributed by atoms with E-state index in [4.69, 9.17) is 23.4 Å². The average Bonchev–Trinajstić information content (AvgIpc) is 3.48. The first-order valence-electron chi connectivity index (χ1n) is 11.4. The minimum Gasteiger partial charge on any atom is -0.463 e. The van der Waals surface area contributed by atoms with Crippen molar-refractivity contribution in [2.45, 2.75) is 11.3 Å². The van der Waals surface area contributed by atoms with Gasteiger partial charge in [0.2, 0.25) is 5.91 Å². The number of thioether (sulfide) groups is 1. The Morgan fingerprint density at radius 1 is 1.08 bits per heavy atom. The molecule has 0 aromatic carbocycles. The molecular weight excluding hydrogens is 500 g/mol. The summed E-state index contributed by atoms with van der Waals surface area (Å²) in [5.41, 5.74) is 0.660. The van der Waals surface area contributed by atoms with Crippen LogP contribution < -0.4 is 14.2 Å². The van der Waals surface area contributed by atoms with Gasteiger partial charge in [-0.1, -0.05) is 37.1 Å². The minimum atomic E-state index is -0.368. The van der Waals surface area contributed by atoms with Gasteiger partial charge in [0.1, 0.15) is 31.6 Å². The van der Waals surface area contributed by atoms with Crippen molar-refractivity contribution in [3.05, 3.63) is 56.0 Å². The highest BCUT2D eigenvalue weighted by Crippen LogP contribution is 2.21. The standard InChI is InChI=1S/C24H26N6O6S/c1-3-10-34-21-27-22(35-11-4-2)29-23(28-21)36-15-17-14-30(9-13-32-17)20(31)16-37-24-25-8-7-18(26-24)19-6-5-12-33-19/h3-8,12,17H,1-2,9-11,13-16H2. The van der Waals surface area contributed by atoms with Gasteiger partial charge in [-0.05, 0) is 18.2 Å². The van der Waals surface area contributed by atoms with Gasteiger partial charge in [-0.25, -0.2) is 9.97 Å². The van der Waals surface area contributed by atoms with Crippen LogP contribution in [0.15, 0.2) is 65.5 Å². The molecule has 1 saturated heterocycles. The van der Waals surface area contributed by atoms with Crippen LogP contribution in [0.4, 0.5) is 0 Å². The number of carbonyl (C=O) groups excluding carboxylic acids is 1. The minimum absolute atomic E-state index is 0.0179. The van der Waals surface area contributed by atoms with Gasteiger partial charge >= 0.3 is 18.0 Å². The maximum absolute atomic E-state index is 12.8. The Morgan fingerprint density at radius 3 is 2.49 bits per heavy atom. The van der Waals surface area contributed by atoms with Gasteiger partial charge in [-0.2, -0.15) is 0 Å². The van der Waals surface area contributed by atoms with Crippen molar-refractivity contribution in [3.8, 4) is 29.5 Å². The molecule has 1 aliphatic rings. The quantitative estimate of drug-likeness (QED) is 0.184. The summed E-state index contributed by atoms with van der Waals surface area (Å²) < 4.78 is 27.6. The van der Waals surface area contributed by atoms with Gasteiger partial charge in [0.25, 0.3) is 0 Å². The lowest BCUT2D eigenvalue weighted by atomic mass is 10.3. The highest BCUT2D eigenvalue weighted by atomic mass is 32.2. The van der Waals surface area contributed by atoms with E-state index in [9.17, 15) is 4.79 Å². The number of furan rings is 1. The molecule has 4 rings (SSSR count). The Balaban J connectivity index is 1.29. The highest BCUT2D eigenvalue weighted by Gasteiger charge is 2.25. The predicted octanol–water partition coefficient (Wildman–Crippen LogP) is 2.45. The van der Waals surface area contributed by atoms with Crippen LogP contribution in [0.5, 0.6) is 18.0 Å². The van der Waals surface area contributed by atoms with Crippen molar-refractivity contribution in [1.82, 2.24) is 29.8 Å². The third-order valence-corrected chi connectivity index (χ3v) is 5.70. The number of rotatable bonds is 13. The van der Waals surface area contributed by atoms with E-state index in [0.29, 0.717) is 36.3 Å². The van der Waals surface area contributed by atoms with Crippen molar-refractivity contribution in [1.29, 1.82) is 0 Å². The lowest BCUT2D eigenvalue weighted by Gasteiger charge is -2.32. The molecular formula is C24H26N6O6S. The lowest BCUT2D eigenvalue weighted by Crippen LogP contribution is -2.48. The van der Waals surface area contributed by atoms with Crippen LogP contribution in [0.3, 0.4) is 0 Å². The first-order valence-corrected chi connectivity index (χ1v) is 12.4. The number of morpholine rings is 1. The van der Waals surface area contributed by atoms with Crippen LogP contribution in [0.1, 0.15) is 0 Å². The molecule has 1 amide bonds. The number of amides is 1. The summed E-state index contributed by atoms with van der Waals surface area (Å²) in [6, 6.07) is 5.47. The summed E-state index contributed by atoms with van der Waals surface area (Å²) in [7, 11) is 0. The zero-order chi connectivity index (χ0) is 25.9. The molecule has 1 aliphatic heterocycles. The molecule has 0 aliphatic carbocycles. The highest BCUT2D eigenvalue weighted by molar-refractivity contribution is 7.99. The lowest BCUT2D eigenvalue weighted by molar-refractivity contribution is -0.137. The van der Waals surface area contributed by atoms with Crippen molar-refractivity contribution in [3.63, 3.8) is 0 Å². The monoisotopic (exact) mass is 526 g/mol. The zero-order valence-corrected chi connectivity index (χ0v) is 20.8. The summed E-state index contributed by atoms with van der Waals surface area (Å²) in [5, 5.41) is 0.495. The van der Waals surface area contributed by atoms with Gasteiger partial charge in [-0.15, -0.1) is 15.0 Å². The number of aromatic nitrogens is 5. The van der Waals surface area contributed by atoms with Gasteiger partial charge < -0.3 is 28.3 Å². The molecule has 1 fully saturated rings. The topological polar surface area (TPSA) is 135 Å². The fourth-order valence-corrected chi connectivity index (χ4v) is 3.92. The van der Waals surface area contributed by atoms with E-state index in [1.807, 2.05) is 6.07 Å². The molecule has 0 bridgehead atoms. The molecule has 37 heavy (non-hydrogen) atoms. The fourth-order valence-electron chi connectivity index (χ4n) is 3.18. The first kappa shape index (κ1) is 26.1. The maximum Gasteiger partial charge on any atom is 0.326 e. The van der Waals surface area contributed by atoms with Crippen LogP contribution in [-0.2, 0) is 9.53 Å². The van der Waals surface area contributed by atoms with E-state index in [2.05, 4.69) is 38.1 Å². The van der Waals surface area contributed by atoms with E-state index in [1.165, 1.54) is 11.8 Å². The Hall–Kier alpha value is -3.97. The number of carbonyl (C=O) groups is 1. The number of nitrogens with zero attached hydrogens (tertiary/aromatic N) is 6. The summed E-state index contributed by atoms with van der Waals surface area (Å²) in [5.74, 6) is 0.783. The van der Waals surface area contributed by atoms with Gasteiger partial charge in [0, 0.05) is 12.7 Å². The van der Waals surface area contributed by atoms with Crippen LogP contribution >= 0.6 is 11.8 Å². The summed E-state index contributed by atoms with van der Waals surface area (Å²) in [6.45, 7) is 8.97. The Bertz CT molecular complexity index is 1160. The molecule has 0 spiro atoms. The second kappa shape index (κ2) is 13.4. The summed E-state index contributed by atoms with van der Waals surface area (Å²) >= 11 is 1.27. The molecule has 1 atom stereocenters. The van der Waals surface area contributed by atoms with E-state index >= 15 is 0 Å². The smallest absolute Gasteiger partial charge is 0.326 e. The van der Waals surface area contributed by atoms with E-state index in [1.54, 1.807) is 41.6 Å². The largest absolute Gasteiger partial charge is 0.463 e. The Labute approximate surface area is 217 Å². The van der Waals surface area contributed by atoms with Crippen LogP contribution in [-0.4, -0.2) is 87.1 Å². The molecule has 3 aromatic heterocycles. The molecule has 4 heterocycles. The van der Waals surface area contributed by atoms with Crippen molar-refractivity contribution in [2.24, 2.45) is 0 Å². The second-order valence-corrected chi connectivity index (χ2v) is 8.46. The average molecular weight is 527 g/mol. The predicted molar refractivity (Wildman–Crippen MR) is 133 cm³/mol. The number of ether oxygens (including phenoxy) is 4. The molecule has 3 aromatic rings. The SMILES string of the molecule is C=CCOc1nc(OCC=C)nc(OCC2CN(C(=O)CSc3nccc(-c4ccco4)n3)CCO2)n1. The van der Waals surface area contributed by atoms with Crippen LogP contribution in [0.25, 0.3) is 11.5 Å². The molecule has 0 radical (unpaired) electrons. The van der Waals surface area contributed by atoms with E-state index < -0.39 is 0 Å². The third-order valence-electron chi connectivity index (χ3n) is 4.86. The van der Waals surface area contributed by atoms with Crippen molar-refractivity contribution >= 4 is 17.7 Å². The molecule has 1 unspecified atom stereocenters. The van der Waals surface area contributed by atoms with Gasteiger partial charge in [0.15, 0.2) is 10.9 Å². The van der Waals surface area contributed by atoms with E-state index in [0.717, 1.165) is 0 Å². The molecule has 0 saturated carbocycles. The first-order chi connectivity index (χ1) is 18.1.